The van der Waals surface area contributed by atoms with Gasteiger partial charge in [0.05, 0.1) is 20.0 Å². The summed E-state index contributed by atoms with van der Waals surface area (Å²) in [4.78, 5) is 12.5. The lowest BCUT2D eigenvalue weighted by atomic mass is 10.1. The fourth-order valence-corrected chi connectivity index (χ4v) is 2.75. The van der Waals surface area contributed by atoms with Gasteiger partial charge in [-0.3, -0.25) is 4.79 Å². The molecular weight excluding hydrogens is 357 g/mol. The molecule has 0 amide bonds. The van der Waals surface area contributed by atoms with Gasteiger partial charge in [0.15, 0.2) is 0 Å². The second-order valence-corrected chi connectivity index (χ2v) is 5.44. The Bertz CT molecular complexity index is 883. The summed E-state index contributed by atoms with van der Waals surface area (Å²) in [6.45, 7) is 0. The standard InChI is InChI=1S/C14H10INO3/c1-16-8-5-3-2-4-7(8)13(18)11-9(16)6-10(17)12(15)14(11)19/h2-6,17,19H,1H3. The van der Waals surface area contributed by atoms with Gasteiger partial charge in [-0.2, -0.15) is 0 Å². The monoisotopic (exact) mass is 367 g/mol. The summed E-state index contributed by atoms with van der Waals surface area (Å²) in [5, 5.41) is 20.7. The largest absolute Gasteiger partial charge is 0.507 e. The number of halogens is 1. The van der Waals surface area contributed by atoms with Crippen LogP contribution in [0, 0.1) is 3.57 Å². The lowest BCUT2D eigenvalue weighted by molar-refractivity contribution is 0.448. The van der Waals surface area contributed by atoms with Crippen molar-refractivity contribution in [1.82, 2.24) is 4.57 Å². The summed E-state index contributed by atoms with van der Waals surface area (Å²) in [6.07, 6.45) is 0. The molecule has 0 atom stereocenters. The number of aromatic nitrogens is 1. The zero-order valence-electron chi connectivity index (χ0n) is 10.0. The molecule has 0 spiro atoms. The summed E-state index contributed by atoms with van der Waals surface area (Å²) >= 11 is 1.82. The van der Waals surface area contributed by atoms with E-state index in [0.717, 1.165) is 5.52 Å². The minimum Gasteiger partial charge on any atom is -0.507 e. The second kappa shape index (κ2) is 4.12. The summed E-state index contributed by atoms with van der Waals surface area (Å²) in [5.41, 5.74) is 1.05. The van der Waals surface area contributed by atoms with Gasteiger partial charge in [-0.1, -0.05) is 12.1 Å². The Hall–Kier alpha value is -1.76. The van der Waals surface area contributed by atoms with Crippen LogP contribution in [-0.4, -0.2) is 14.8 Å². The molecule has 0 saturated carbocycles. The van der Waals surface area contributed by atoms with Crippen LogP contribution in [0.25, 0.3) is 21.8 Å². The molecule has 0 aliphatic heterocycles. The van der Waals surface area contributed by atoms with E-state index in [0.29, 0.717) is 10.9 Å². The van der Waals surface area contributed by atoms with E-state index < -0.39 is 0 Å². The molecule has 2 N–H and O–H groups in total. The van der Waals surface area contributed by atoms with Gasteiger partial charge in [-0.15, -0.1) is 0 Å². The zero-order valence-corrected chi connectivity index (χ0v) is 12.2. The van der Waals surface area contributed by atoms with Crippen molar-refractivity contribution >= 4 is 44.4 Å². The first kappa shape index (κ1) is 12.3. The maximum absolute atomic E-state index is 12.5. The van der Waals surface area contributed by atoms with Crippen LogP contribution in [0.4, 0.5) is 0 Å². The van der Waals surface area contributed by atoms with Crippen LogP contribution >= 0.6 is 22.6 Å². The molecule has 19 heavy (non-hydrogen) atoms. The molecule has 0 bridgehead atoms. The summed E-state index contributed by atoms with van der Waals surface area (Å²) < 4.78 is 2.08. The Morgan fingerprint density at radius 2 is 1.84 bits per heavy atom. The van der Waals surface area contributed by atoms with Crippen molar-refractivity contribution in [3.8, 4) is 11.5 Å². The Balaban J connectivity index is 2.73. The summed E-state index contributed by atoms with van der Waals surface area (Å²) in [7, 11) is 1.80. The number of aryl methyl sites for hydroxylation is 1. The number of hydrogen-bond acceptors (Lipinski definition) is 3. The maximum Gasteiger partial charge on any atom is 0.201 e. The van der Waals surface area contributed by atoms with Gasteiger partial charge in [-0.25, -0.2) is 0 Å². The second-order valence-electron chi connectivity index (χ2n) is 4.36. The molecule has 0 radical (unpaired) electrons. The molecule has 1 aromatic heterocycles. The van der Waals surface area contributed by atoms with Gasteiger partial charge < -0.3 is 14.8 Å². The number of nitrogens with zero attached hydrogens (tertiary/aromatic N) is 1. The Morgan fingerprint density at radius 1 is 1.16 bits per heavy atom. The van der Waals surface area contributed by atoms with Crippen LogP contribution in [0.2, 0.25) is 0 Å². The molecule has 1 heterocycles. The molecule has 96 valence electrons. The van der Waals surface area contributed by atoms with E-state index in [1.54, 1.807) is 23.7 Å². The Kier molecular flexibility index (Phi) is 2.67. The Morgan fingerprint density at radius 3 is 2.58 bits per heavy atom. The van der Waals surface area contributed by atoms with E-state index in [9.17, 15) is 15.0 Å². The molecule has 4 nitrogen and oxygen atoms in total. The van der Waals surface area contributed by atoms with Gasteiger partial charge in [0.2, 0.25) is 5.43 Å². The third-order valence-electron chi connectivity index (χ3n) is 3.30. The Labute approximate surface area is 122 Å². The molecule has 3 rings (SSSR count). The van der Waals surface area contributed by atoms with Gasteiger partial charge in [-0.05, 0) is 34.7 Å². The van der Waals surface area contributed by atoms with Gasteiger partial charge in [0.25, 0.3) is 0 Å². The highest BCUT2D eigenvalue weighted by Gasteiger charge is 2.16. The summed E-state index contributed by atoms with van der Waals surface area (Å²) in [5.74, 6) is -0.196. The first-order valence-corrected chi connectivity index (χ1v) is 6.72. The predicted molar refractivity (Wildman–Crippen MR) is 82.7 cm³/mol. The van der Waals surface area contributed by atoms with Crippen LogP contribution in [0.5, 0.6) is 11.5 Å². The van der Waals surface area contributed by atoms with E-state index in [-0.39, 0.29) is 25.9 Å². The van der Waals surface area contributed by atoms with Crippen molar-refractivity contribution in [2.24, 2.45) is 7.05 Å². The predicted octanol–water partition coefficient (Wildman–Crippen LogP) is 2.71. The number of phenols is 2. The van der Waals surface area contributed by atoms with Crippen molar-refractivity contribution in [2.45, 2.75) is 0 Å². The molecule has 0 unspecified atom stereocenters. The highest BCUT2D eigenvalue weighted by Crippen LogP contribution is 2.35. The summed E-state index contributed by atoms with van der Waals surface area (Å²) in [6, 6.07) is 8.71. The molecule has 0 aliphatic carbocycles. The molecule has 0 saturated heterocycles. The number of fused-ring (bicyclic) bond motifs is 2. The average Bonchev–Trinajstić information content (AvgIpc) is 2.42. The third kappa shape index (κ3) is 1.61. The third-order valence-corrected chi connectivity index (χ3v) is 4.36. The normalized spacial score (nSPS) is 11.3. The molecule has 2 aromatic carbocycles. The molecule has 3 aromatic rings. The number of para-hydroxylation sites is 1. The van der Waals surface area contributed by atoms with E-state index in [4.69, 9.17) is 0 Å². The lowest BCUT2D eigenvalue weighted by Crippen LogP contribution is -2.09. The van der Waals surface area contributed by atoms with E-state index >= 15 is 0 Å². The van der Waals surface area contributed by atoms with Crippen LogP contribution in [0.3, 0.4) is 0 Å². The number of rotatable bonds is 0. The zero-order chi connectivity index (χ0) is 13.7. The SMILES string of the molecule is Cn1c2ccccc2c(=O)c2c(O)c(I)c(O)cc21. The average molecular weight is 367 g/mol. The molecule has 0 aliphatic rings. The number of benzene rings is 2. The van der Waals surface area contributed by atoms with E-state index in [1.807, 2.05) is 34.7 Å². The van der Waals surface area contributed by atoms with Crippen molar-refractivity contribution in [3.05, 3.63) is 44.1 Å². The van der Waals surface area contributed by atoms with Crippen LogP contribution < -0.4 is 5.43 Å². The first-order chi connectivity index (χ1) is 9.02. The minimum absolute atomic E-state index is 0.0316. The fraction of sp³-hybridized carbons (Fsp3) is 0.0714. The number of aromatic hydroxyl groups is 2. The molecular formula is C14H10INO3. The van der Waals surface area contributed by atoms with Crippen molar-refractivity contribution in [2.75, 3.05) is 0 Å². The number of hydrogen-bond donors (Lipinski definition) is 2. The fourth-order valence-electron chi connectivity index (χ4n) is 2.33. The van der Waals surface area contributed by atoms with Gasteiger partial charge >= 0.3 is 0 Å². The highest BCUT2D eigenvalue weighted by molar-refractivity contribution is 14.1. The smallest absolute Gasteiger partial charge is 0.201 e. The maximum atomic E-state index is 12.5. The van der Waals surface area contributed by atoms with Gasteiger partial charge in [0, 0.05) is 18.5 Å². The van der Waals surface area contributed by atoms with Crippen molar-refractivity contribution in [3.63, 3.8) is 0 Å². The topological polar surface area (TPSA) is 62.5 Å². The quantitative estimate of drug-likeness (QED) is 0.475. The highest BCUT2D eigenvalue weighted by atomic mass is 127. The van der Waals surface area contributed by atoms with Gasteiger partial charge in [0.1, 0.15) is 11.5 Å². The van der Waals surface area contributed by atoms with Crippen LogP contribution in [-0.2, 0) is 7.05 Å². The number of phenolic OH excluding ortho intramolecular Hbond substituents is 2. The van der Waals surface area contributed by atoms with E-state index in [1.165, 1.54) is 6.07 Å². The van der Waals surface area contributed by atoms with Crippen LogP contribution in [0.15, 0.2) is 35.1 Å². The van der Waals surface area contributed by atoms with Crippen molar-refractivity contribution < 1.29 is 10.2 Å². The lowest BCUT2D eigenvalue weighted by Gasteiger charge is -2.12. The number of pyridine rings is 1. The van der Waals surface area contributed by atoms with E-state index in [2.05, 4.69) is 0 Å². The van der Waals surface area contributed by atoms with Crippen molar-refractivity contribution in [1.29, 1.82) is 0 Å². The molecule has 0 fully saturated rings. The minimum atomic E-state index is -0.223. The first-order valence-electron chi connectivity index (χ1n) is 5.64. The van der Waals surface area contributed by atoms with Crippen LogP contribution in [0.1, 0.15) is 0 Å². The molecule has 5 heteroatoms.